The molecule has 1 saturated heterocycles. The third-order valence-corrected chi connectivity index (χ3v) is 5.21. The number of furan rings is 1. The van der Waals surface area contributed by atoms with Gasteiger partial charge < -0.3 is 14.4 Å². The van der Waals surface area contributed by atoms with Gasteiger partial charge in [0.2, 0.25) is 5.91 Å². The molecule has 7 heteroatoms. The van der Waals surface area contributed by atoms with Gasteiger partial charge in [0, 0.05) is 11.9 Å². The first-order valence-corrected chi connectivity index (χ1v) is 8.85. The molecule has 0 aliphatic carbocycles. The molecule has 1 N–H and O–H groups in total. The molecular weight excluding hydrogens is 328 g/mol. The summed E-state index contributed by atoms with van der Waals surface area (Å²) in [6, 6.07) is 2.99. The normalized spacial score (nSPS) is 21.0. The predicted octanol–water partition coefficient (Wildman–Crippen LogP) is 2.97. The van der Waals surface area contributed by atoms with Crippen molar-refractivity contribution in [2.75, 3.05) is 6.54 Å². The molecule has 1 fully saturated rings. The van der Waals surface area contributed by atoms with Gasteiger partial charge in [-0.2, -0.15) is 0 Å². The summed E-state index contributed by atoms with van der Waals surface area (Å²) in [5.41, 5.74) is 0.650. The maximum absolute atomic E-state index is 12.5. The maximum Gasteiger partial charge on any atom is 0.326 e. The highest BCUT2D eigenvalue weighted by molar-refractivity contribution is 7.13. The van der Waals surface area contributed by atoms with E-state index in [4.69, 9.17) is 4.42 Å². The molecule has 2 aromatic rings. The molecule has 0 aromatic carbocycles. The van der Waals surface area contributed by atoms with E-state index in [2.05, 4.69) is 4.98 Å². The number of carbonyl (C=O) groups is 2. The lowest BCUT2D eigenvalue weighted by Gasteiger charge is -2.35. The van der Waals surface area contributed by atoms with E-state index < -0.39 is 12.0 Å². The Morgan fingerprint density at radius 1 is 1.46 bits per heavy atom. The fourth-order valence-corrected chi connectivity index (χ4v) is 3.76. The predicted molar refractivity (Wildman–Crippen MR) is 89.8 cm³/mol. The van der Waals surface area contributed by atoms with Crippen molar-refractivity contribution >= 4 is 23.2 Å². The van der Waals surface area contributed by atoms with Gasteiger partial charge in [-0.15, -0.1) is 11.3 Å². The number of aromatic nitrogens is 1. The van der Waals surface area contributed by atoms with E-state index in [1.54, 1.807) is 0 Å². The van der Waals surface area contributed by atoms with Gasteiger partial charge in [0.05, 0.1) is 12.1 Å². The van der Waals surface area contributed by atoms with E-state index in [9.17, 15) is 14.7 Å². The Morgan fingerprint density at radius 3 is 2.92 bits per heavy atom. The number of hydrogen-bond donors (Lipinski definition) is 1. The smallest absolute Gasteiger partial charge is 0.326 e. The minimum atomic E-state index is -0.931. The zero-order chi connectivity index (χ0) is 17.3. The summed E-state index contributed by atoms with van der Waals surface area (Å²) in [6.07, 6.45) is 1.47. The number of carboxylic acid groups (broad SMARTS) is 1. The SMILES string of the molecule is Cc1ccc(-c2nc(CC(=O)N3CCC(C)CC3C(=O)O)cs2)o1. The summed E-state index contributed by atoms with van der Waals surface area (Å²) in [5, 5.41) is 11.9. The zero-order valence-corrected chi connectivity index (χ0v) is 14.5. The second kappa shape index (κ2) is 6.76. The molecule has 24 heavy (non-hydrogen) atoms. The molecule has 0 saturated carbocycles. The number of aliphatic carboxylic acids is 1. The molecule has 6 nitrogen and oxygen atoms in total. The summed E-state index contributed by atoms with van der Waals surface area (Å²) < 4.78 is 5.54. The molecule has 0 bridgehead atoms. The van der Waals surface area contributed by atoms with Crippen LogP contribution in [0.15, 0.2) is 21.9 Å². The maximum atomic E-state index is 12.5. The van der Waals surface area contributed by atoms with Gasteiger partial charge in [0.15, 0.2) is 10.8 Å². The fraction of sp³-hybridized carbons (Fsp3) is 0.471. The fourth-order valence-electron chi connectivity index (χ4n) is 2.98. The third kappa shape index (κ3) is 3.51. The molecule has 1 aliphatic rings. The Balaban J connectivity index is 1.70. The van der Waals surface area contributed by atoms with Gasteiger partial charge in [-0.1, -0.05) is 6.92 Å². The summed E-state index contributed by atoms with van der Waals surface area (Å²) in [7, 11) is 0. The Kier molecular flexibility index (Phi) is 4.71. The van der Waals surface area contributed by atoms with Crippen LogP contribution >= 0.6 is 11.3 Å². The summed E-state index contributed by atoms with van der Waals surface area (Å²) >= 11 is 1.42. The van der Waals surface area contributed by atoms with Crippen LogP contribution in [0.4, 0.5) is 0 Å². The molecule has 0 spiro atoms. The highest BCUT2D eigenvalue weighted by Crippen LogP contribution is 2.27. The minimum absolute atomic E-state index is 0.119. The van der Waals surface area contributed by atoms with Crippen molar-refractivity contribution in [3.05, 3.63) is 29.0 Å². The summed E-state index contributed by atoms with van der Waals surface area (Å²) in [4.78, 5) is 29.9. The molecule has 2 aromatic heterocycles. The van der Waals surface area contributed by atoms with Crippen LogP contribution in [0.3, 0.4) is 0 Å². The highest BCUT2D eigenvalue weighted by atomic mass is 32.1. The molecule has 128 valence electrons. The molecule has 2 atom stereocenters. The quantitative estimate of drug-likeness (QED) is 0.918. The lowest BCUT2D eigenvalue weighted by atomic mass is 9.92. The van der Waals surface area contributed by atoms with E-state index in [0.29, 0.717) is 30.3 Å². The van der Waals surface area contributed by atoms with Gasteiger partial charge in [-0.05, 0) is 37.8 Å². The molecule has 1 amide bonds. The standard InChI is InChI=1S/C17H20N2O4S/c1-10-5-6-19(13(7-10)17(21)22)15(20)8-12-9-24-16(18-12)14-4-3-11(2)23-14/h3-4,9-10,13H,5-8H2,1-2H3,(H,21,22). The number of thiazole rings is 1. The number of rotatable bonds is 4. The topological polar surface area (TPSA) is 83.6 Å². The third-order valence-electron chi connectivity index (χ3n) is 4.31. The molecule has 1 aliphatic heterocycles. The average Bonchev–Trinajstić information content (AvgIpc) is 3.16. The van der Waals surface area contributed by atoms with Gasteiger partial charge in [0.1, 0.15) is 11.8 Å². The van der Waals surface area contributed by atoms with E-state index in [1.165, 1.54) is 16.2 Å². The van der Waals surface area contributed by atoms with Crippen LogP contribution in [0.1, 0.15) is 31.2 Å². The number of likely N-dealkylation sites (tertiary alicyclic amines) is 1. The van der Waals surface area contributed by atoms with Crippen molar-refractivity contribution in [1.82, 2.24) is 9.88 Å². The molecular formula is C17H20N2O4S. The Morgan fingerprint density at radius 2 is 2.25 bits per heavy atom. The lowest BCUT2D eigenvalue weighted by Crippen LogP contribution is -2.50. The first-order chi connectivity index (χ1) is 11.4. The van der Waals surface area contributed by atoms with Crippen molar-refractivity contribution in [2.45, 2.75) is 39.2 Å². The van der Waals surface area contributed by atoms with Crippen LogP contribution in [-0.2, 0) is 16.0 Å². The van der Waals surface area contributed by atoms with Crippen LogP contribution in [0.2, 0.25) is 0 Å². The number of amides is 1. The van der Waals surface area contributed by atoms with Crippen molar-refractivity contribution in [3.63, 3.8) is 0 Å². The van der Waals surface area contributed by atoms with E-state index >= 15 is 0 Å². The molecule has 3 rings (SSSR count). The van der Waals surface area contributed by atoms with Gasteiger partial charge >= 0.3 is 5.97 Å². The zero-order valence-electron chi connectivity index (χ0n) is 13.7. The van der Waals surface area contributed by atoms with E-state index in [-0.39, 0.29) is 12.3 Å². The Hall–Kier alpha value is -2.15. The minimum Gasteiger partial charge on any atom is -0.480 e. The Labute approximate surface area is 144 Å². The molecule has 0 radical (unpaired) electrons. The van der Waals surface area contributed by atoms with Gasteiger partial charge in [0.25, 0.3) is 0 Å². The lowest BCUT2D eigenvalue weighted by molar-refractivity contribution is -0.152. The first-order valence-electron chi connectivity index (χ1n) is 7.97. The van der Waals surface area contributed by atoms with Crippen LogP contribution < -0.4 is 0 Å². The number of piperidine rings is 1. The number of hydrogen-bond acceptors (Lipinski definition) is 5. The van der Waals surface area contributed by atoms with Crippen molar-refractivity contribution in [1.29, 1.82) is 0 Å². The number of carbonyl (C=O) groups excluding carboxylic acids is 1. The highest BCUT2D eigenvalue weighted by Gasteiger charge is 2.34. The number of aryl methyl sites for hydroxylation is 1. The summed E-state index contributed by atoms with van der Waals surface area (Å²) in [6.45, 7) is 4.38. The van der Waals surface area contributed by atoms with Gasteiger partial charge in [-0.3, -0.25) is 4.79 Å². The van der Waals surface area contributed by atoms with Gasteiger partial charge in [-0.25, -0.2) is 9.78 Å². The molecule has 3 heterocycles. The van der Waals surface area contributed by atoms with Crippen molar-refractivity contribution in [3.8, 4) is 10.8 Å². The van der Waals surface area contributed by atoms with Crippen molar-refractivity contribution < 1.29 is 19.1 Å². The first kappa shape index (κ1) is 16.7. The van der Waals surface area contributed by atoms with E-state index in [0.717, 1.165) is 17.2 Å². The monoisotopic (exact) mass is 348 g/mol. The van der Waals surface area contributed by atoms with Crippen LogP contribution in [0.25, 0.3) is 10.8 Å². The Bertz CT molecular complexity index is 751. The average molecular weight is 348 g/mol. The van der Waals surface area contributed by atoms with Crippen molar-refractivity contribution in [2.24, 2.45) is 5.92 Å². The van der Waals surface area contributed by atoms with Crippen LogP contribution in [-0.4, -0.2) is 39.5 Å². The second-order valence-corrected chi connectivity index (χ2v) is 7.16. The second-order valence-electron chi connectivity index (χ2n) is 6.30. The van der Waals surface area contributed by atoms with E-state index in [1.807, 2.05) is 31.4 Å². The van der Waals surface area contributed by atoms with Crippen LogP contribution in [0, 0.1) is 12.8 Å². The number of carboxylic acids is 1. The largest absolute Gasteiger partial charge is 0.480 e. The van der Waals surface area contributed by atoms with Crippen LogP contribution in [0.5, 0.6) is 0 Å². The number of nitrogens with zero attached hydrogens (tertiary/aromatic N) is 2. The molecule has 2 unspecified atom stereocenters. The summed E-state index contributed by atoms with van der Waals surface area (Å²) in [5.74, 6) is 0.709.